The molecule has 1 aromatic heterocycles. The topological polar surface area (TPSA) is 27.1 Å². The number of hydrogen-bond acceptors (Lipinski definition) is 3. The van der Waals surface area contributed by atoms with E-state index in [1.165, 1.54) is 16.8 Å². The minimum atomic E-state index is 0.721. The largest absolute Gasteiger partial charge is 0.383 e. The molecule has 0 atom stereocenters. The Morgan fingerprint density at radius 1 is 1.39 bits per heavy atom. The number of methoxy groups -OCH3 is 1. The number of imidazole rings is 1. The Kier molecular flexibility index (Phi) is 4.66. The Balaban J connectivity index is 2.33. The van der Waals surface area contributed by atoms with E-state index in [1.807, 2.05) is 11.8 Å². The Morgan fingerprint density at radius 2 is 2.22 bits per heavy atom. The zero-order valence-corrected chi connectivity index (χ0v) is 12.1. The summed E-state index contributed by atoms with van der Waals surface area (Å²) < 4.78 is 7.39. The lowest BCUT2D eigenvalue weighted by molar-refractivity contribution is 0.187. The second-order valence-electron chi connectivity index (χ2n) is 4.30. The number of thioether (sulfide) groups is 1. The molecule has 0 radical (unpaired) electrons. The van der Waals surface area contributed by atoms with E-state index in [1.54, 1.807) is 7.11 Å². The lowest BCUT2D eigenvalue weighted by Crippen LogP contribution is -2.05. The molecule has 3 nitrogen and oxygen atoms in total. The van der Waals surface area contributed by atoms with Crippen LogP contribution >= 0.6 is 11.8 Å². The Labute approximate surface area is 113 Å². The Hall–Kier alpha value is -1.00. The second kappa shape index (κ2) is 6.25. The molecular formula is C14H20N2OS. The van der Waals surface area contributed by atoms with Gasteiger partial charge < -0.3 is 9.30 Å². The summed E-state index contributed by atoms with van der Waals surface area (Å²) in [5.74, 6) is 2.22. The summed E-state index contributed by atoms with van der Waals surface area (Å²) >= 11 is 1.90. The quantitative estimate of drug-likeness (QED) is 0.747. The molecule has 0 bridgehead atoms. The van der Waals surface area contributed by atoms with Gasteiger partial charge in [-0.25, -0.2) is 4.98 Å². The summed E-state index contributed by atoms with van der Waals surface area (Å²) in [5.41, 5.74) is 2.29. The standard InChI is InChI=1S/C14H20N2OS/c1-4-9-18-12-5-6-13-14(10-12)16(7-8-17-3)11(2)15-13/h5-6,10H,4,7-9H2,1-3H3. The zero-order valence-electron chi connectivity index (χ0n) is 11.3. The van der Waals surface area contributed by atoms with Gasteiger partial charge in [0.05, 0.1) is 17.6 Å². The van der Waals surface area contributed by atoms with Gasteiger partial charge in [-0.2, -0.15) is 0 Å². The van der Waals surface area contributed by atoms with Crippen LogP contribution in [-0.2, 0) is 11.3 Å². The smallest absolute Gasteiger partial charge is 0.106 e. The summed E-state index contributed by atoms with van der Waals surface area (Å²) in [4.78, 5) is 5.91. The van der Waals surface area contributed by atoms with E-state index in [0.29, 0.717) is 0 Å². The van der Waals surface area contributed by atoms with E-state index in [-0.39, 0.29) is 0 Å². The predicted molar refractivity (Wildman–Crippen MR) is 77.4 cm³/mol. The van der Waals surface area contributed by atoms with Crippen molar-refractivity contribution in [3.63, 3.8) is 0 Å². The molecule has 0 amide bonds. The van der Waals surface area contributed by atoms with Crippen LogP contribution in [0.25, 0.3) is 11.0 Å². The molecule has 0 saturated carbocycles. The van der Waals surface area contributed by atoms with E-state index < -0.39 is 0 Å². The van der Waals surface area contributed by atoms with Crippen LogP contribution in [0.5, 0.6) is 0 Å². The molecule has 18 heavy (non-hydrogen) atoms. The van der Waals surface area contributed by atoms with E-state index in [4.69, 9.17) is 4.74 Å². The lowest BCUT2D eigenvalue weighted by atomic mass is 10.3. The van der Waals surface area contributed by atoms with E-state index in [0.717, 1.165) is 30.2 Å². The molecule has 2 aromatic rings. The van der Waals surface area contributed by atoms with E-state index in [9.17, 15) is 0 Å². The Morgan fingerprint density at radius 3 is 2.94 bits per heavy atom. The zero-order chi connectivity index (χ0) is 13.0. The van der Waals surface area contributed by atoms with Crippen molar-refractivity contribution in [3.05, 3.63) is 24.0 Å². The number of hydrogen-bond donors (Lipinski definition) is 0. The van der Waals surface area contributed by atoms with Crippen LogP contribution in [0, 0.1) is 6.92 Å². The number of aryl methyl sites for hydroxylation is 1. The SMILES string of the molecule is CCCSc1ccc2nc(C)n(CCOC)c2c1. The Bertz CT molecular complexity index is 522. The molecule has 0 saturated heterocycles. The highest BCUT2D eigenvalue weighted by Crippen LogP contribution is 2.24. The average molecular weight is 264 g/mol. The molecule has 1 heterocycles. The summed E-state index contributed by atoms with van der Waals surface area (Å²) in [6.45, 7) is 5.84. The summed E-state index contributed by atoms with van der Waals surface area (Å²) in [7, 11) is 1.73. The molecule has 1 aromatic carbocycles. The third kappa shape index (κ3) is 2.87. The molecule has 0 unspecified atom stereocenters. The van der Waals surface area contributed by atoms with Crippen LogP contribution in [0.3, 0.4) is 0 Å². The van der Waals surface area contributed by atoms with Gasteiger partial charge in [0.2, 0.25) is 0 Å². The maximum Gasteiger partial charge on any atom is 0.106 e. The first kappa shape index (κ1) is 13.4. The van der Waals surface area contributed by atoms with E-state index >= 15 is 0 Å². The maximum atomic E-state index is 5.16. The lowest BCUT2D eigenvalue weighted by Gasteiger charge is -2.06. The number of benzene rings is 1. The second-order valence-corrected chi connectivity index (χ2v) is 5.47. The van der Waals surface area contributed by atoms with Crippen LogP contribution < -0.4 is 0 Å². The van der Waals surface area contributed by atoms with Gasteiger partial charge in [0.15, 0.2) is 0 Å². The van der Waals surface area contributed by atoms with Gasteiger partial charge in [0.25, 0.3) is 0 Å². The molecule has 0 fully saturated rings. The van der Waals surface area contributed by atoms with Gasteiger partial charge >= 0.3 is 0 Å². The molecular weight excluding hydrogens is 244 g/mol. The van der Waals surface area contributed by atoms with Crippen LogP contribution in [-0.4, -0.2) is 29.0 Å². The number of aromatic nitrogens is 2. The van der Waals surface area contributed by atoms with Crippen molar-refractivity contribution in [2.75, 3.05) is 19.5 Å². The van der Waals surface area contributed by atoms with Crippen molar-refractivity contribution in [1.82, 2.24) is 9.55 Å². The van der Waals surface area contributed by atoms with Crippen LogP contribution in [0.2, 0.25) is 0 Å². The number of rotatable bonds is 6. The first-order valence-corrected chi connectivity index (χ1v) is 7.33. The van der Waals surface area contributed by atoms with Gasteiger partial charge in [-0.3, -0.25) is 0 Å². The third-order valence-corrected chi connectivity index (χ3v) is 4.10. The fraction of sp³-hybridized carbons (Fsp3) is 0.500. The molecule has 0 aliphatic carbocycles. The van der Waals surface area contributed by atoms with Crippen molar-refractivity contribution >= 4 is 22.8 Å². The minimum absolute atomic E-state index is 0.721. The van der Waals surface area contributed by atoms with Crippen LogP contribution in [0.1, 0.15) is 19.2 Å². The minimum Gasteiger partial charge on any atom is -0.383 e. The third-order valence-electron chi connectivity index (χ3n) is 2.90. The molecule has 2 rings (SSSR count). The van der Waals surface area contributed by atoms with Gasteiger partial charge in [0.1, 0.15) is 5.82 Å². The fourth-order valence-corrected chi connectivity index (χ4v) is 2.80. The highest BCUT2D eigenvalue weighted by molar-refractivity contribution is 7.99. The van der Waals surface area contributed by atoms with Gasteiger partial charge in [0, 0.05) is 18.6 Å². The summed E-state index contributed by atoms with van der Waals surface area (Å²) in [6.07, 6.45) is 1.20. The van der Waals surface area contributed by atoms with Crippen molar-refractivity contribution in [2.24, 2.45) is 0 Å². The molecule has 0 aliphatic heterocycles. The van der Waals surface area contributed by atoms with E-state index in [2.05, 4.69) is 41.6 Å². The van der Waals surface area contributed by atoms with Crippen LogP contribution in [0.4, 0.5) is 0 Å². The monoisotopic (exact) mass is 264 g/mol. The summed E-state index contributed by atoms with van der Waals surface area (Å²) in [5, 5.41) is 0. The van der Waals surface area contributed by atoms with Crippen molar-refractivity contribution in [2.45, 2.75) is 31.7 Å². The van der Waals surface area contributed by atoms with Crippen molar-refractivity contribution in [3.8, 4) is 0 Å². The number of nitrogens with zero attached hydrogens (tertiary/aromatic N) is 2. The molecule has 98 valence electrons. The predicted octanol–water partition coefficient (Wildman–Crippen LogP) is 3.49. The highest BCUT2D eigenvalue weighted by Gasteiger charge is 2.07. The van der Waals surface area contributed by atoms with Gasteiger partial charge in [-0.15, -0.1) is 11.8 Å². The van der Waals surface area contributed by atoms with Crippen LogP contribution in [0.15, 0.2) is 23.1 Å². The molecule has 0 aliphatic rings. The molecule has 0 N–H and O–H groups in total. The van der Waals surface area contributed by atoms with Gasteiger partial charge in [-0.05, 0) is 37.3 Å². The average Bonchev–Trinajstić information content (AvgIpc) is 2.69. The number of ether oxygens (including phenoxy) is 1. The summed E-state index contributed by atoms with van der Waals surface area (Å²) in [6, 6.07) is 6.52. The number of fused-ring (bicyclic) bond motifs is 1. The molecule has 4 heteroatoms. The van der Waals surface area contributed by atoms with Crippen molar-refractivity contribution < 1.29 is 4.74 Å². The maximum absolute atomic E-state index is 5.16. The normalized spacial score (nSPS) is 11.3. The molecule has 0 spiro atoms. The fourth-order valence-electron chi connectivity index (χ4n) is 2.00. The first-order chi connectivity index (χ1) is 8.76. The first-order valence-electron chi connectivity index (χ1n) is 6.35. The highest BCUT2D eigenvalue weighted by atomic mass is 32.2. The van der Waals surface area contributed by atoms with Crippen molar-refractivity contribution in [1.29, 1.82) is 0 Å². The van der Waals surface area contributed by atoms with Gasteiger partial charge in [-0.1, -0.05) is 6.92 Å².